The van der Waals surface area contributed by atoms with Crippen LogP contribution in [0.1, 0.15) is 37.7 Å². The molecule has 0 unspecified atom stereocenters. The van der Waals surface area contributed by atoms with Gasteiger partial charge in [-0.15, -0.1) is 0 Å². The maximum atomic E-state index is 4.33. The Hall–Kier alpha value is -1.61. The van der Waals surface area contributed by atoms with Crippen LogP contribution in [0.25, 0.3) is 5.69 Å². The Kier molecular flexibility index (Phi) is 3.76. The van der Waals surface area contributed by atoms with E-state index >= 15 is 0 Å². The first-order valence-electron chi connectivity index (χ1n) is 6.72. The van der Waals surface area contributed by atoms with Gasteiger partial charge in [-0.1, -0.05) is 12.1 Å². The molecule has 2 rings (SSSR count). The second-order valence-electron chi connectivity index (χ2n) is 6.06. The average Bonchev–Trinajstić information content (AvgIpc) is 2.68. The average molecular weight is 257 g/mol. The van der Waals surface area contributed by atoms with Crippen molar-refractivity contribution in [2.45, 2.75) is 46.7 Å². The van der Waals surface area contributed by atoms with Crippen molar-refractivity contribution in [3.05, 3.63) is 47.5 Å². The van der Waals surface area contributed by atoms with Crippen LogP contribution in [0, 0.1) is 13.8 Å². The third-order valence-corrected chi connectivity index (χ3v) is 3.29. The SMILES string of the molecule is Cc1ncn(-c2ccc(CNC(C)(C)C)cc2)c1C. The number of hydrogen-bond acceptors (Lipinski definition) is 2. The summed E-state index contributed by atoms with van der Waals surface area (Å²) >= 11 is 0. The van der Waals surface area contributed by atoms with Crippen LogP contribution < -0.4 is 5.32 Å². The van der Waals surface area contributed by atoms with E-state index in [2.05, 4.69) is 66.8 Å². The normalized spacial score (nSPS) is 11.8. The number of aromatic nitrogens is 2. The van der Waals surface area contributed by atoms with Crippen LogP contribution in [-0.4, -0.2) is 15.1 Å². The first-order valence-corrected chi connectivity index (χ1v) is 6.72. The summed E-state index contributed by atoms with van der Waals surface area (Å²) in [5.74, 6) is 0. The fourth-order valence-corrected chi connectivity index (χ4v) is 1.90. The minimum Gasteiger partial charge on any atom is -0.308 e. The zero-order chi connectivity index (χ0) is 14.0. The van der Waals surface area contributed by atoms with Gasteiger partial charge < -0.3 is 9.88 Å². The highest BCUT2D eigenvalue weighted by molar-refractivity contribution is 5.37. The molecule has 0 aliphatic carbocycles. The van der Waals surface area contributed by atoms with Gasteiger partial charge >= 0.3 is 0 Å². The van der Waals surface area contributed by atoms with Gasteiger partial charge in [0, 0.05) is 23.5 Å². The third-order valence-electron chi connectivity index (χ3n) is 3.29. The molecule has 3 nitrogen and oxygen atoms in total. The Morgan fingerprint density at radius 1 is 1.11 bits per heavy atom. The standard InChI is InChI=1S/C16H23N3/c1-12-13(2)19(11-17-12)15-8-6-14(7-9-15)10-18-16(3,4)5/h6-9,11,18H,10H2,1-5H3. The van der Waals surface area contributed by atoms with Crippen LogP contribution in [0.2, 0.25) is 0 Å². The molecule has 2 aromatic rings. The highest BCUT2D eigenvalue weighted by Crippen LogP contribution is 2.15. The molecule has 0 aliphatic rings. The van der Waals surface area contributed by atoms with Crippen LogP contribution in [-0.2, 0) is 6.54 Å². The lowest BCUT2D eigenvalue weighted by Crippen LogP contribution is -2.35. The predicted octanol–water partition coefficient (Wildman–Crippen LogP) is 3.38. The lowest BCUT2D eigenvalue weighted by Gasteiger charge is -2.20. The van der Waals surface area contributed by atoms with Crippen molar-refractivity contribution in [2.24, 2.45) is 0 Å². The number of nitrogens with zero attached hydrogens (tertiary/aromatic N) is 2. The molecule has 0 bridgehead atoms. The van der Waals surface area contributed by atoms with Crippen LogP contribution in [0.3, 0.4) is 0 Å². The van der Waals surface area contributed by atoms with Gasteiger partial charge in [-0.2, -0.15) is 0 Å². The molecule has 102 valence electrons. The molecule has 0 radical (unpaired) electrons. The van der Waals surface area contributed by atoms with Crippen molar-refractivity contribution in [2.75, 3.05) is 0 Å². The zero-order valence-corrected chi connectivity index (χ0v) is 12.5. The lowest BCUT2D eigenvalue weighted by molar-refractivity contribution is 0.424. The number of imidazole rings is 1. The van der Waals surface area contributed by atoms with E-state index in [1.54, 1.807) is 0 Å². The predicted molar refractivity (Wildman–Crippen MR) is 79.6 cm³/mol. The second kappa shape index (κ2) is 5.17. The first-order chi connectivity index (χ1) is 8.87. The molecule has 0 atom stereocenters. The van der Waals surface area contributed by atoms with Crippen LogP contribution in [0.4, 0.5) is 0 Å². The summed E-state index contributed by atoms with van der Waals surface area (Å²) in [5, 5.41) is 3.49. The van der Waals surface area contributed by atoms with Gasteiger partial charge in [-0.25, -0.2) is 4.98 Å². The molecule has 0 saturated heterocycles. The van der Waals surface area contributed by atoms with E-state index < -0.39 is 0 Å². The molecule has 1 aromatic carbocycles. The Bertz CT molecular complexity index is 544. The summed E-state index contributed by atoms with van der Waals surface area (Å²) in [6.45, 7) is 11.6. The molecule has 3 heteroatoms. The summed E-state index contributed by atoms with van der Waals surface area (Å²) in [4.78, 5) is 4.33. The minimum atomic E-state index is 0.150. The highest BCUT2D eigenvalue weighted by Gasteiger charge is 2.08. The fraction of sp³-hybridized carbons (Fsp3) is 0.438. The molecule has 1 N–H and O–H groups in total. The summed E-state index contributed by atoms with van der Waals surface area (Å²) in [6.07, 6.45) is 1.88. The van der Waals surface area contributed by atoms with Gasteiger partial charge in [0.15, 0.2) is 0 Å². The molecular weight excluding hydrogens is 234 g/mol. The molecule has 0 saturated carbocycles. The van der Waals surface area contributed by atoms with Gasteiger partial charge in [0.2, 0.25) is 0 Å². The Labute approximate surface area is 115 Å². The molecular formula is C16H23N3. The molecule has 0 amide bonds. The number of hydrogen-bond donors (Lipinski definition) is 1. The van der Waals surface area contributed by atoms with Crippen molar-refractivity contribution in [1.29, 1.82) is 0 Å². The molecule has 1 heterocycles. The third kappa shape index (κ3) is 3.44. The van der Waals surface area contributed by atoms with Crippen LogP contribution in [0.5, 0.6) is 0 Å². The van der Waals surface area contributed by atoms with Crippen molar-refractivity contribution in [3.63, 3.8) is 0 Å². The van der Waals surface area contributed by atoms with E-state index in [4.69, 9.17) is 0 Å². The Morgan fingerprint density at radius 3 is 2.21 bits per heavy atom. The Balaban J connectivity index is 2.13. The van der Waals surface area contributed by atoms with E-state index in [1.807, 2.05) is 13.3 Å². The van der Waals surface area contributed by atoms with E-state index in [0.717, 1.165) is 17.9 Å². The van der Waals surface area contributed by atoms with Gasteiger partial charge in [-0.3, -0.25) is 0 Å². The highest BCUT2D eigenvalue weighted by atomic mass is 15.1. The summed E-state index contributed by atoms with van der Waals surface area (Å²) < 4.78 is 2.12. The maximum absolute atomic E-state index is 4.33. The smallest absolute Gasteiger partial charge is 0.0997 e. The zero-order valence-electron chi connectivity index (χ0n) is 12.5. The molecule has 0 aliphatic heterocycles. The van der Waals surface area contributed by atoms with Gasteiger partial charge in [-0.05, 0) is 52.3 Å². The van der Waals surface area contributed by atoms with E-state index in [9.17, 15) is 0 Å². The summed E-state index contributed by atoms with van der Waals surface area (Å²) in [6, 6.07) is 8.63. The quantitative estimate of drug-likeness (QED) is 0.913. The van der Waals surface area contributed by atoms with Crippen molar-refractivity contribution < 1.29 is 0 Å². The van der Waals surface area contributed by atoms with E-state index in [1.165, 1.54) is 11.3 Å². The van der Waals surface area contributed by atoms with Crippen molar-refractivity contribution >= 4 is 0 Å². The first kappa shape index (κ1) is 13.8. The van der Waals surface area contributed by atoms with Crippen LogP contribution in [0.15, 0.2) is 30.6 Å². The number of benzene rings is 1. The lowest BCUT2D eigenvalue weighted by atomic mass is 10.1. The Morgan fingerprint density at radius 2 is 1.74 bits per heavy atom. The van der Waals surface area contributed by atoms with Crippen molar-refractivity contribution in [3.8, 4) is 5.69 Å². The molecule has 1 aromatic heterocycles. The topological polar surface area (TPSA) is 29.9 Å². The largest absolute Gasteiger partial charge is 0.308 e. The van der Waals surface area contributed by atoms with Crippen molar-refractivity contribution in [1.82, 2.24) is 14.9 Å². The monoisotopic (exact) mass is 257 g/mol. The van der Waals surface area contributed by atoms with Gasteiger partial charge in [0.05, 0.1) is 12.0 Å². The molecule has 19 heavy (non-hydrogen) atoms. The molecule has 0 spiro atoms. The number of aryl methyl sites for hydroxylation is 1. The van der Waals surface area contributed by atoms with E-state index in [0.29, 0.717) is 0 Å². The van der Waals surface area contributed by atoms with Gasteiger partial charge in [0.1, 0.15) is 0 Å². The van der Waals surface area contributed by atoms with E-state index in [-0.39, 0.29) is 5.54 Å². The molecule has 0 fully saturated rings. The second-order valence-corrected chi connectivity index (χ2v) is 6.06. The maximum Gasteiger partial charge on any atom is 0.0997 e. The summed E-state index contributed by atoms with van der Waals surface area (Å²) in [5.41, 5.74) is 4.89. The number of rotatable bonds is 3. The fourth-order valence-electron chi connectivity index (χ4n) is 1.90. The van der Waals surface area contributed by atoms with Gasteiger partial charge in [0.25, 0.3) is 0 Å². The minimum absolute atomic E-state index is 0.150. The van der Waals surface area contributed by atoms with Crippen LogP contribution >= 0.6 is 0 Å². The summed E-state index contributed by atoms with van der Waals surface area (Å²) in [7, 11) is 0. The number of nitrogens with one attached hydrogen (secondary N) is 1.